The van der Waals surface area contributed by atoms with Crippen LogP contribution in [0.4, 0.5) is 0 Å². The van der Waals surface area contributed by atoms with Crippen LogP contribution in [0.1, 0.15) is 19.8 Å². The zero-order valence-electron chi connectivity index (χ0n) is 16.9. The molecule has 1 aromatic rings. The van der Waals surface area contributed by atoms with Gasteiger partial charge in [-0.25, -0.2) is 21.6 Å². The second-order valence-electron chi connectivity index (χ2n) is 6.99. The lowest BCUT2D eigenvalue weighted by Crippen LogP contribution is -2.51. The summed E-state index contributed by atoms with van der Waals surface area (Å²) in [5.41, 5.74) is 0. The first kappa shape index (κ1) is 22.8. The van der Waals surface area contributed by atoms with Gasteiger partial charge in [-0.1, -0.05) is 0 Å². The average molecular weight is 462 g/mol. The molecule has 1 amide bonds. The highest BCUT2D eigenvalue weighted by molar-refractivity contribution is 7.89. The van der Waals surface area contributed by atoms with Crippen LogP contribution in [0, 0.1) is 0 Å². The summed E-state index contributed by atoms with van der Waals surface area (Å²) in [5, 5.41) is 0. The van der Waals surface area contributed by atoms with Gasteiger partial charge in [0.25, 0.3) is 0 Å². The van der Waals surface area contributed by atoms with E-state index < -0.39 is 20.0 Å². The smallest absolute Gasteiger partial charge is 0.240 e. The fourth-order valence-electron chi connectivity index (χ4n) is 3.24. The molecule has 0 saturated carbocycles. The zero-order valence-corrected chi connectivity index (χ0v) is 18.5. The van der Waals surface area contributed by atoms with Gasteiger partial charge in [-0.2, -0.15) is 4.31 Å². The number of sulfonamides is 2. The number of nitrogens with zero attached hydrogens (tertiary/aromatic N) is 2. The predicted molar refractivity (Wildman–Crippen MR) is 109 cm³/mol. The molecule has 1 N–H and O–H groups in total. The lowest BCUT2D eigenvalue weighted by atomic mass is 10.3. The molecular formula is C18H27N3O7S2. The minimum absolute atomic E-state index is 0.00961. The number of fused-ring (bicyclic) bond motifs is 1. The summed E-state index contributed by atoms with van der Waals surface area (Å²) < 4.78 is 63.7. The van der Waals surface area contributed by atoms with Crippen molar-refractivity contribution in [1.82, 2.24) is 13.9 Å². The zero-order chi connectivity index (χ0) is 21.8. The van der Waals surface area contributed by atoms with Crippen LogP contribution in [0.15, 0.2) is 23.1 Å². The third-order valence-electron chi connectivity index (χ3n) is 5.01. The van der Waals surface area contributed by atoms with Crippen LogP contribution in [0.3, 0.4) is 0 Å². The number of amides is 1. The van der Waals surface area contributed by atoms with Gasteiger partial charge in [-0.05, 0) is 19.1 Å². The van der Waals surface area contributed by atoms with Gasteiger partial charge >= 0.3 is 0 Å². The van der Waals surface area contributed by atoms with Crippen molar-refractivity contribution in [3.05, 3.63) is 18.2 Å². The molecule has 168 valence electrons. The van der Waals surface area contributed by atoms with Crippen molar-refractivity contribution in [2.75, 3.05) is 51.7 Å². The van der Waals surface area contributed by atoms with Gasteiger partial charge in [0, 0.05) is 51.6 Å². The molecule has 0 radical (unpaired) electrons. The van der Waals surface area contributed by atoms with Crippen LogP contribution in [-0.2, 0) is 24.8 Å². The predicted octanol–water partition coefficient (Wildman–Crippen LogP) is 0.0102. The van der Waals surface area contributed by atoms with E-state index in [4.69, 9.17) is 9.47 Å². The highest BCUT2D eigenvalue weighted by Gasteiger charge is 2.27. The maximum Gasteiger partial charge on any atom is 0.240 e. The summed E-state index contributed by atoms with van der Waals surface area (Å²) in [7, 11) is -7.07. The third-order valence-corrected chi connectivity index (χ3v) is 8.35. The summed E-state index contributed by atoms with van der Waals surface area (Å²) in [6.07, 6.45) is 0.708. The van der Waals surface area contributed by atoms with Gasteiger partial charge < -0.3 is 14.4 Å². The van der Waals surface area contributed by atoms with Crippen molar-refractivity contribution < 1.29 is 31.1 Å². The third kappa shape index (κ3) is 5.42. The van der Waals surface area contributed by atoms with Crippen molar-refractivity contribution in [2.45, 2.75) is 24.7 Å². The number of nitrogens with one attached hydrogen (secondary N) is 1. The van der Waals surface area contributed by atoms with Gasteiger partial charge in [0.05, 0.1) is 23.9 Å². The monoisotopic (exact) mass is 461 g/mol. The van der Waals surface area contributed by atoms with Crippen molar-refractivity contribution >= 4 is 26.0 Å². The molecule has 30 heavy (non-hydrogen) atoms. The summed E-state index contributed by atoms with van der Waals surface area (Å²) in [4.78, 5) is 14.0. The number of hydrogen-bond acceptors (Lipinski definition) is 7. The molecule has 12 heteroatoms. The maximum absolute atomic E-state index is 12.5. The van der Waals surface area contributed by atoms with Crippen LogP contribution in [0.25, 0.3) is 0 Å². The van der Waals surface area contributed by atoms with Gasteiger partial charge in [0.15, 0.2) is 11.5 Å². The quantitative estimate of drug-likeness (QED) is 0.607. The van der Waals surface area contributed by atoms with Crippen LogP contribution in [0.2, 0.25) is 0 Å². The summed E-state index contributed by atoms with van der Waals surface area (Å²) in [6.45, 7) is 3.60. The van der Waals surface area contributed by atoms with E-state index in [1.54, 1.807) is 17.9 Å². The first-order valence-electron chi connectivity index (χ1n) is 9.88. The van der Waals surface area contributed by atoms with Crippen molar-refractivity contribution in [3.8, 4) is 11.5 Å². The van der Waals surface area contributed by atoms with Crippen LogP contribution in [-0.4, -0.2) is 83.6 Å². The number of piperazine rings is 1. The highest BCUT2D eigenvalue weighted by Crippen LogP contribution is 2.31. The lowest BCUT2D eigenvalue weighted by Gasteiger charge is -2.33. The van der Waals surface area contributed by atoms with Gasteiger partial charge in [0.1, 0.15) is 0 Å². The first-order chi connectivity index (χ1) is 14.2. The Labute approximate surface area is 177 Å². The molecule has 2 heterocycles. The number of carbonyl (C=O) groups is 1. The molecule has 0 bridgehead atoms. The standard InChI is InChI=1S/C18H27N3O7S2/c1-2-29(23,24)21-10-8-20(9-11-21)18(22)6-7-19-30(25,26)15-4-5-16-17(14-15)28-13-3-12-27-16/h4-5,14,19H,2-3,6-13H2,1H3. The molecule has 1 fully saturated rings. The molecular weight excluding hydrogens is 434 g/mol. The number of ether oxygens (including phenoxy) is 2. The van der Waals surface area contributed by atoms with E-state index in [0.29, 0.717) is 37.8 Å². The Morgan fingerprint density at radius 1 is 1.03 bits per heavy atom. The van der Waals surface area contributed by atoms with Crippen LogP contribution >= 0.6 is 0 Å². The topological polar surface area (TPSA) is 122 Å². The van der Waals surface area contributed by atoms with E-state index >= 15 is 0 Å². The van der Waals surface area contributed by atoms with Crippen LogP contribution in [0.5, 0.6) is 11.5 Å². The van der Waals surface area contributed by atoms with Gasteiger partial charge in [-0.3, -0.25) is 4.79 Å². The van der Waals surface area contributed by atoms with E-state index in [1.807, 2.05) is 0 Å². The van der Waals surface area contributed by atoms with Gasteiger partial charge in [-0.15, -0.1) is 0 Å². The Hall–Kier alpha value is -1.89. The molecule has 0 atom stereocenters. The van der Waals surface area contributed by atoms with E-state index in [0.717, 1.165) is 6.42 Å². The molecule has 0 spiro atoms. The van der Waals surface area contributed by atoms with Crippen molar-refractivity contribution in [3.63, 3.8) is 0 Å². The molecule has 0 aliphatic carbocycles. The second-order valence-corrected chi connectivity index (χ2v) is 11.0. The van der Waals surface area contributed by atoms with Crippen LogP contribution < -0.4 is 14.2 Å². The second kappa shape index (κ2) is 9.50. The average Bonchev–Trinajstić information content (AvgIpc) is 2.98. The van der Waals surface area contributed by atoms with E-state index in [1.165, 1.54) is 16.4 Å². The Kier molecular flexibility index (Phi) is 7.22. The largest absolute Gasteiger partial charge is 0.490 e. The molecule has 1 aromatic carbocycles. The lowest BCUT2D eigenvalue weighted by molar-refractivity contribution is -0.132. The minimum atomic E-state index is -3.81. The van der Waals surface area contributed by atoms with Gasteiger partial charge in [0.2, 0.25) is 26.0 Å². The van der Waals surface area contributed by atoms with E-state index in [2.05, 4.69) is 4.72 Å². The number of benzene rings is 1. The maximum atomic E-state index is 12.5. The van der Waals surface area contributed by atoms with Crippen molar-refractivity contribution in [1.29, 1.82) is 0 Å². The molecule has 2 aliphatic heterocycles. The number of rotatable bonds is 7. The van der Waals surface area contributed by atoms with Crippen molar-refractivity contribution in [2.24, 2.45) is 0 Å². The Balaban J connectivity index is 1.51. The Morgan fingerprint density at radius 3 is 2.37 bits per heavy atom. The summed E-state index contributed by atoms with van der Waals surface area (Å²) >= 11 is 0. The normalized spacial score (nSPS) is 18.1. The fraction of sp³-hybridized carbons (Fsp3) is 0.611. The molecule has 10 nitrogen and oxygen atoms in total. The highest BCUT2D eigenvalue weighted by atomic mass is 32.2. The van der Waals surface area contributed by atoms with E-state index in [9.17, 15) is 21.6 Å². The number of hydrogen-bond donors (Lipinski definition) is 1. The molecule has 1 saturated heterocycles. The van der Waals surface area contributed by atoms with E-state index in [-0.39, 0.29) is 42.6 Å². The molecule has 0 aromatic heterocycles. The summed E-state index contributed by atoms with van der Waals surface area (Å²) in [6, 6.07) is 4.41. The Bertz CT molecular complexity index is 971. The Morgan fingerprint density at radius 2 is 1.70 bits per heavy atom. The summed E-state index contributed by atoms with van der Waals surface area (Å²) in [5.74, 6) is 0.699. The number of carbonyl (C=O) groups excluding carboxylic acids is 1. The first-order valence-corrected chi connectivity index (χ1v) is 13.0. The molecule has 0 unspecified atom stereocenters. The fourth-order valence-corrected chi connectivity index (χ4v) is 5.37. The molecule has 2 aliphatic rings. The SMILES string of the molecule is CCS(=O)(=O)N1CCN(C(=O)CCNS(=O)(=O)c2ccc3c(c2)OCCCO3)CC1. The molecule has 3 rings (SSSR count). The minimum Gasteiger partial charge on any atom is -0.490 e.